The maximum atomic E-state index is 2.48. The average Bonchev–Trinajstić information content (AvgIpc) is 4.10. The summed E-state index contributed by atoms with van der Waals surface area (Å²) in [5.41, 5.74) is 15.5. The van der Waals surface area contributed by atoms with Crippen LogP contribution in [0.25, 0.3) is 125 Å². The summed E-state index contributed by atoms with van der Waals surface area (Å²) in [7, 11) is 0. The van der Waals surface area contributed by atoms with Gasteiger partial charge in [-0.25, -0.2) is 0 Å². The van der Waals surface area contributed by atoms with Crippen LogP contribution in [0.4, 0.5) is 0 Å². The normalized spacial score (nSPS) is 12.1. The van der Waals surface area contributed by atoms with Gasteiger partial charge in [0, 0.05) is 75.1 Å². The molecule has 0 bridgehead atoms. The highest BCUT2D eigenvalue weighted by Gasteiger charge is 2.24. The van der Waals surface area contributed by atoms with Crippen LogP contribution in [0.15, 0.2) is 224 Å². The van der Waals surface area contributed by atoms with Crippen LogP contribution in [0, 0.1) is 0 Å². The van der Waals surface area contributed by atoms with Crippen molar-refractivity contribution >= 4 is 96.9 Å². The quantitative estimate of drug-likeness (QED) is 0.164. The third-order valence-electron chi connectivity index (χ3n) is 13.4. The molecule has 0 amide bonds. The van der Waals surface area contributed by atoms with Gasteiger partial charge in [0.15, 0.2) is 0 Å². The van der Waals surface area contributed by atoms with E-state index >= 15 is 0 Å². The molecule has 0 radical (unpaired) electrons. The van der Waals surface area contributed by atoms with Gasteiger partial charge in [0.2, 0.25) is 0 Å². The van der Waals surface area contributed by atoms with E-state index in [-0.39, 0.29) is 0 Å². The van der Waals surface area contributed by atoms with E-state index in [1.54, 1.807) is 0 Å². The largest absolute Gasteiger partial charge is 0.309 e. The van der Waals surface area contributed by atoms with E-state index in [2.05, 4.69) is 238 Å². The first-order valence-corrected chi connectivity index (χ1v) is 22.7. The fourth-order valence-electron chi connectivity index (χ4n) is 10.7. The van der Waals surface area contributed by atoms with Crippen LogP contribution >= 0.6 is 11.3 Å². The number of nitrogens with zero attached hydrogens (tertiary/aromatic N) is 3. The number of hydrogen-bond donors (Lipinski definition) is 0. The first kappa shape index (κ1) is 35.4. The topological polar surface area (TPSA) is 14.8 Å². The molecule has 0 aliphatic carbocycles. The molecule has 0 saturated carbocycles. The van der Waals surface area contributed by atoms with E-state index in [4.69, 9.17) is 0 Å². The van der Waals surface area contributed by atoms with Gasteiger partial charge in [0.25, 0.3) is 0 Å². The Kier molecular flexibility index (Phi) is 7.56. The minimum Gasteiger partial charge on any atom is -0.309 e. The SMILES string of the molecule is c1ccc(-n2c3ccccc3c3c(-c4ccc(-n5c6ccccc6c6ccccc65)cc4)c4c5ccccc5n(-c5ccc(-c6cccc7c6sc6ccccc67)cc5)c4cc32)cc1. The van der Waals surface area contributed by atoms with Gasteiger partial charge in [-0.2, -0.15) is 0 Å². The van der Waals surface area contributed by atoms with Crippen molar-refractivity contribution in [1.29, 1.82) is 0 Å². The predicted octanol–water partition coefficient (Wildman–Crippen LogP) is 16.7. The number of fused-ring (bicyclic) bond motifs is 12. The molecule has 64 heavy (non-hydrogen) atoms. The van der Waals surface area contributed by atoms with Crippen LogP contribution < -0.4 is 0 Å². The minimum absolute atomic E-state index is 1.13. The predicted molar refractivity (Wildman–Crippen MR) is 273 cm³/mol. The second-order valence-electron chi connectivity index (χ2n) is 16.8. The Morgan fingerprint density at radius 1 is 0.281 bits per heavy atom. The molecule has 0 spiro atoms. The number of thiophene rings is 1. The van der Waals surface area contributed by atoms with E-state index < -0.39 is 0 Å². The lowest BCUT2D eigenvalue weighted by molar-refractivity contribution is 1.16. The van der Waals surface area contributed by atoms with Crippen LogP contribution in [-0.4, -0.2) is 13.7 Å². The van der Waals surface area contributed by atoms with Crippen molar-refractivity contribution in [2.45, 2.75) is 0 Å². The highest BCUT2D eigenvalue weighted by atomic mass is 32.1. The molecular weight excluding hydrogens is 795 g/mol. The van der Waals surface area contributed by atoms with Gasteiger partial charge in [-0.05, 0) is 89.5 Å². The summed E-state index contributed by atoms with van der Waals surface area (Å²) >= 11 is 1.88. The fourth-order valence-corrected chi connectivity index (χ4v) is 12.0. The van der Waals surface area contributed by atoms with Crippen molar-refractivity contribution in [3.63, 3.8) is 0 Å². The standard InChI is InChI=1S/C60H37N3S/c1-2-15-40(16-3-1)62-52-26-11-6-20-48(52)58-54(62)37-55-59(57(58)39-31-35-41(36-32-39)61-50-24-9-4-17-44(50)45-18-5-10-25-51(45)61)49-21-7-12-27-53(49)63(55)42-33-29-38(30-34-42)43-22-14-23-47-46-19-8-13-28-56(46)64-60(43)47/h1-37H. The van der Waals surface area contributed by atoms with Crippen LogP contribution in [0.2, 0.25) is 0 Å². The van der Waals surface area contributed by atoms with Crippen molar-refractivity contribution < 1.29 is 0 Å². The lowest BCUT2D eigenvalue weighted by Gasteiger charge is -2.14. The van der Waals surface area contributed by atoms with Crippen LogP contribution in [0.3, 0.4) is 0 Å². The van der Waals surface area contributed by atoms with E-state index in [0.717, 1.165) is 17.1 Å². The molecule has 0 fully saturated rings. The molecule has 4 heterocycles. The molecule has 0 aliphatic rings. The van der Waals surface area contributed by atoms with E-state index in [1.165, 1.54) is 108 Å². The summed E-state index contributed by atoms with van der Waals surface area (Å²) in [6, 6.07) is 82.7. The first-order valence-electron chi connectivity index (χ1n) is 21.9. The number of hydrogen-bond acceptors (Lipinski definition) is 1. The molecule has 10 aromatic carbocycles. The van der Waals surface area contributed by atoms with E-state index in [9.17, 15) is 0 Å². The molecule has 3 nitrogen and oxygen atoms in total. The molecule has 14 rings (SSSR count). The smallest absolute Gasteiger partial charge is 0.0568 e. The summed E-state index contributed by atoms with van der Waals surface area (Å²) in [4.78, 5) is 0. The maximum absolute atomic E-state index is 2.48. The summed E-state index contributed by atoms with van der Waals surface area (Å²) in [5, 5.41) is 10.1. The summed E-state index contributed by atoms with van der Waals surface area (Å²) in [6.45, 7) is 0. The highest BCUT2D eigenvalue weighted by molar-refractivity contribution is 7.26. The van der Waals surface area contributed by atoms with Gasteiger partial charge in [0.05, 0.1) is 33.1 Å². The number of para-hydroxylation sites is 5. The zero-order chi connectivity index (χ0) is 41.9. The highest BCUT2D eigenvalue weighted by Crippen LogP contribution is 2.48. The Labute approximate surface area is 372 Å². The van der Waals surface area contributed by atoms with Crippen LogP contribution in [0.1, 0.15) is 0 Å². The van der Waals surface area contributed by atoms with E-state index in [1.807, 2.05) is 11.3 Å². The lowest BCUT2D eigenvalue weighted by Crippen LogP contribution is -1.97. The molecule has 0 saturated heterocycles. The van der Waals surface area contributed by atoms with E-state index in [0.29, 0.717) is 0 Å². The van der Waals surface area contributed by atoms with Crippen molar-refractivity contribution in [3.05, 3.63) is 224 Å². The molecule has 0 atom stereocenters. The van der Waals surface area contributed by atoms with Gasteiger partial charge in [-0.1, -0.05) is 152 Å². The Morgan fingerprint density at radius 2 is 0.703 bits per heavy atom. The zero-order valence-electron chi connectivity index (χ0n) is 34.6. The molecular formula is C60H37N3S. The molecule has 14 aromatic rings. The summed E-state index contributed by atoms with van der Waals surface area (Å²) < 4.78 is 10.00. The maximum Gasteiger partial charge on any atom is 0.0568 e. The number of rotatable bonds is 5. The van der Waals surface area contributed by atoms with Crippen LogP contribution in [0.5, 0.6) is 0 Å². The summed E-state index contributed by atoms with van der Waals surface area (Å²) in [5.74, 6) is 0. The van der Waals surface area contributed by atoms with Gasteiger partial charge in [-0.3, -0.25) is 0 Å². The second-order valence-corrected chi connectivity index (χ2v) is 17.9. The monoisotopic (exact) mass is 831 g/mol. The van der Waals surface area contributed by atoms with Crippen molar-refractivity contribution in [3.8, 4) is 39.3 Å². The third-order valence-corrected chi connectivity index (χ3v) is 14.7. The Morgan fingerprint density at radius 3 is 1.28 bits per heavy atom. The molecule has 298 valence electrons. The van der Waals surface area contributed by atoms with Crippen LogP contribution in [-0.2, 0) is 0 Å². The molecule has 4 heteroatoms. The summed E-state index contributed by atoms with van der Waals surface area (Å²) in [6.07, 6.45) is 0. The van der Waals surface area contributed by atoms with Gasteiger partial charge < -0.3 is 13.7 Å². The van der Waals surface area contributed by atoms with Gasteiger partial charge in [-0.15, -0.1) is 11.3 Å². The molecule has 0 N–H and O–H groups in total. The van der Waals surface area contributed by atoms with Crippen molar-refractivity contribution in [2.75, 3.05) is 0 Å². The molecule has 4 aromatic heterocycles. The Bertz CT molecular complexity index is 4110. The fraction of sp³-hybridized carbons (Fsp3) is 0. The van der Waals surface area contributed by atoms with Gasteiger partial charge in [0.1, 0.15) is 0 Å². The average molecular weight is 832 g/mol. The Balaban J connectivity index is 1.04. The second kappa shape index (κ2) is 13.7. The lowest BCUT2D eigenvalue weighted by atomic mass is 9.94. The van der Waals surface area contributed by atoms with Crippen molar-refractivity contribution in [2.24, 2.45) is 0 Å². The zero-order valence-corrected chi connectivity index (χ0v) is 35.4. The first-order chi connectivity index (χ1) is 31.8. The molecule has 0 unspecified atom stereocenters. The third kappa shape index (κ3) is 5.03. The molecule has 0 aliphatic heterocycles. The Hall–Kier alpha value is -8.18. The minimum atomic E-state index is 1.13. The van der Waals surface area contributed by atoms with Gasteiger partial charge >= 0.3 is 0 Å². The number of aromatic nitrogens is 3. The van der Waals surface area contributed by atoms with Crippen molar-refractivity contribution in [1.82, 2.24) is 13.7 Å². The number of benzene rings is 10.